The number of nitrogens with one attached hydrogen (secondary N) is 1. The lowest BCUT2D eigenvalue weighted by Crippen LogP contribution is -2.43. The lowest BCUT2D eigenvalue weighted by molar-refractivity contribution is -0.126. The molecule has 0 aromatic heterocycles. The van der Waals surface area contributed by atoms with Crippen LogP contribution in [0.4, 0.5) is 0 Å². The summed E-state index contributed by atoms with van der Waals surface area (Å²) in [6.07, 6.45) is 2.14. The first-order valence-electron chi connectivity index (χ1n) is 9.10. The van der Waals surface area contributed by atoms with Crippen molar-refractivity contribution < 1.29 is 9.59 Å². The van der Waals surface area contributed by atoms with Gasteiger partial charge in [-0.2, -0.15) is 0 Å². The van der Waals surface area contributed by atoms with Crippen molar-refractivity contribution in [1.29, 1.82) is 0 Å². The van der Waals surface area contributed by atoms with E-state index in [1.165, 1.54) is 5.56 Å². The van der Waals surface area contributed by atoms with Crippen molar-refractivity contribution in [2.75, 3.05) is 19.6 Å². The average Bonchev–Trinajstić information content (AvgIpc) is 2.68. The third-order valence-electron chi connectivity index (χ3n) is 4.87. The van der Waals surface area contributed by atoms with Gasteiger partial charge in [-0.15, -0.1) is 0 Å². The number of rotatable bonds is 5. The minimum atomic E-state index is -0.111. The summed E-state index contributed by atoms with van der Waals surface area (Å²) < 4.78 is 0. The first-order chi connectivity index (χ1) is 13.0. The number of carbonyl (C=O) groups excluding carboxylic acids is 2. The molecular weight excluding hydrogens is 383 g/mol. The Balaban J connectivity index is 1.46. The smallest absolute Gasteiger partial charge is 0.255 e. The van der Waals surface area contributed by atoms with Crippen LogP contribution in [0.5, 0.6) is 0 Å². The first kappa shape index (κ1) is 19.7. The number of nitrogens with zero attached hydrogens (tertiary/aromatic N) is 1. The molecule has 0 saturated carbocycles. The van der Waals surface area contributed by atoms with E-state index in [9.17, 15) is 9.59 Å². The fourth-order valence-electron chi connectivity index (χ4n) is 3.30. The van der Waals surface area contributed by atoms with E-state index in [0.717, 1.165) is 6.42 Å². The van der Waals surface area contributed by atoms with Crippen LogP contribution in [-0.4, -0.2) is 36.3 Å². The van der Waals surface area contributed by atoms with Crippen LogP contribution in [0.1, 0.15) is 28.8 Å². The molecule has 2 aromatic rings. The highest BCUT2D eigenvalue weighted by Crippen LogP contribution is 2.25. The number of hydrogen-bond acceptors (Lipinski definition) is 2. The van der Waals surface area contributed by atoms with Crippen molar-refractivity contribution in [3.8, 4) is 0 Å². The predicted molar refractivity (Wildman–Crippen MR) is 108 cm³/mol. The highest BCUT2D eigenvalue weighted by atomic mass is 35.5. The Kier molecular flexibility index (Phi) is 6.75. The van der Waals surface area contributed by atoms with Crippen molar-refractivity contribution in [2.24, 2.45) is 5.92 Å². The summed E-state index contributed by atoms with van der Waals surface area (Å²) in [6, 6.07) is 15.0. The Morgan fingerprint density at radius 3 is 2.41 bits per heavy atom. The molecule has 27 heavy (non-hydrogen) atoms. The molecular formula is C21H22Cl2N2O2. The van der Waals surface area contributed by atoms with Crippen LogP contribution in [0.2, 0.25) is 10.0 Å². The summed E-state index contributed by atoms with van der Waals surface area (Å²) in [5.74, 6) is -0.0901. The topological polar surface area (TPSA) is 49.4 Å². The SMILES string of the molecule is O=C(NCCc1ccccc1)C1CCN(C(=O)c2ccc(Cl)cc2Cl)CC1. The summed E-state index contributed by atoms with van der Waals surface area (Å²) in [6.45, 7) is 1.73. The highest BCUT2D eigenvalue weighted by Gasteiger charge is 2.28. The van der Waals surface area contributed by atoms with E-state index in [1.807, 2.05) is 18.2 Å². The van der Waals surface area contributed by atoms with E-state index in [4.69, 9.17) is 23.2 Å². The lowest BCUT2D eigenvalue weighted by Gasteiger charge is -2.31. The molecule has 1 N–H and O–H groups in total. The Morgan fingerprint density at radius 2 is 1.74 bits per heavy atom. The van der Waals surface area contributed by atoms with Gasteiger partial charge in [0, 0.05) is 30.6 Å². The van der Waals surface area contributed by atoms with E-state index in [0.29, 0.717) is 48.1 Å². The van der Waals surface area contributed by atoms with Crippen LogP contribution in [0.25, 0.3) is 0 Å². The van der Waals surface area contributed by atoms with Crippen molar-refractivity contribution in [3.63, 3.8) is 0 Å². The third kappa shape index (κ3) is 5.24. The van der Waals surface area contributed by atoms with Gasteiger partial charge in [0.05, 0.1) is 10.6 Å². The number of benzene rings is 2. The zero-order valence-electron chi connectivity index (χ0n) is 15.0. The normalized spacial score (nSPS) is 14.8. The van der Waals surface area contributed by atoms with Gasteiger partial charge >= 0.3 is 0 Å². The second-order valence-electron chi connectivity index (χ2n) is 6.72. The molecule has 0 aliphatic carbocycles. The Morgan fingerprint density at radius 1 is 1.04 bits per heavy atom. The molecule has 0 bridgehead atoms. The van der Waals surface area contributed by atoms with Crippen LogP contribution >= 0.6 is 23.2 Å². The van der Waals surface area contributed by atoms with Crippen molar-refractivity contribution >= 4 is 35.0 Å². The van der Waals surface area contributed by atoms with Gasteiger partial charge in [-0.1, -0.05) is 53.5 Å². The molecule has 1 fully saturated rings. The number of amides is 2. The zero-order valence-corrected chi connectivity index (χ0v) is 16.5. The van der Waals surface area contributed by atoms with Crippen LogP contribution in [-0.2, 0) is 11.2 Å². The fraction of sp³-hybridized carbons (Fsp3) is 0.333. The summed E-state index contributed by atoms with van der Waals surface area (Å²) in [5.41, 5.74) is 1.66. The van der Waals surface area contributed by atoms with E-state index < -0.39 is 0 Å². The summed E-state index contributed by atoms with van der Waals surface area (Å²) in [7, 11) is 0. The van der Waals surface area contributed by atoms with E-state index in [2.05, 4.69) is 17.4 Å². The Bertz CT molecular complexity index is 803. The second kappa shape index (κ2) is 9.25. The maximum atomic E-state index is 12.6. The number of halogens is 2. The van der Waals surface area contributed by atoms with E-state index in [-0.39, 0.29) is 17.7 Å². The maximum absolute atomic E-state index is 12.6. The molecule has 3 rings (SSSR count). The molecule has 2 aromatic carbocycles. The van der Waals surface area contributed by atoms with Gasteiger partial charge in [0.1, 0.15) is 0 Å². The molecule has 0 spiro atoms. The average molecular weight is 405 g/mol. The molecule has 6 heteroatoms. The van der Waals surface area contributed by atoms with Gasteiger partial charge in [0.2, 0.25) is 5.91 Å². The number of hydrogen-bond donors (Lipinski definition) is 1. The standard InChI is InChI=1S/C21H22Cl2N2O2/c22-17-6-7-18(19(23)14-17)21(27)25-12-9-16(10-13-25)20(26)24-11-8-15-4-2-1-3-5-15/h1-7,14,16H,8-13H2,(H,24,26). The first-order valence-corrected chi connectivity index (χ1v) is 9.86. The summed E-state index contributed by atoms with van der Waals surface area (Å²) in [5, 5.41) is 3.87. The number of likely N-dealkylation sites (tertiary alicyclic amines) is 1. The molecule has 142 valence electrons. The fourth-order valence-corrected chi connectivity index (χ4v) is 3.79. The van der Waals surface area contributed by atoms with Gasteiger partial charge in [-0.3, -0.25) is 9.59 Å². The molecule has 0 radical (unpaired) electrons. The molecule has 0 atom stereocenters. The number of piperidine rings is 1. The van der Waals surface area contributed by atoms with Gasteiger partial charge in [-0.05, 0) is 43.0 Å². The molecule has 1 aliphatic rings. The summed E-state index contributed by atoms with van der Waals surface area (Å²) >= 11 is 12.0. The monoisotopic (exact) mass is 404 g/mol. The van der Waals surface area contributed by atoms with E-state index in [1.54, 1.807) is 23.1 Å². The highest BCUT2D eigenvalue weighted by molar-refractivity contribution is 6.36. The van der Waals surface area contributed by atoms with Crippen LogP contribution in [0.3, 0.4) is 0 Å². The Labute approximate surface area is 169 Å². The Hall–Kier alpha value is -2.04. The van der Waals surface area contributed by atoms with Gasteiger partial charge in [0.25, 0.3) is 5.91 Å². The van der Waals surface area contributed by atoms with E-state index >= 15 is 0 Å². The molecule has 0 unspecified atom stereocenters. The zero-order chi connectivity index (χ0) is 19.2. The minimum absolute atomic E-state index is 0.0505. The van der Waals surface area contributed by atoms with Gasteiger partial charge in [0.15, 0.2) is 0 Å². The maximum Gasteiger partial charge on any atom is 0.255 e. The third-order valence-corrected chi connectivity index (χ3v) is 5.42. The van der Waals surface area contributed by atoms with Crippen LogP contribution in [0.15, 0.2) is 48.5 Å². The molecule has 1 heterocycles. The molecule has 1 aliphatic heterocycles. The molecule has 1 saturated heterocycles. The van der Waals surface area contributed by atoms with Crippen LogP contribution in [0, 0.1) is 5.92 Å². The van der Waals surface area contributed by atoms with Gasteiger partial charge in [-0.25, -0.2) is 0 Å². The quantitative estimate of drug-likeness (QED) is 0.811. The van der Waals surface area contributed by atoms with Crippen molar-refractivity contribution in [1.82, 2.24) is 10.2 Å². The second-order valence-corrected chi connectivity index (χ2v) is 7.56. The molecule has 4 nitrogen and oxygen atoms in total. The van der Waals surface area contributed by atoms with Crippen LogP contribution < -0.4 is 5.32 Å². The predicted octanol–water partition coefficient (Wildman–Crippen LogP) is 4.20. The van der Waals surface area contributed by atoms with Gasteiger partial charge < -0.3 is 10.2 Å². The molecule has 2 amide bonds. The van der Waals surface area contributed by atoms with Crippen molar-refractivity contribution in [3.05, 3.63) is 69.7 Å². The minimum Gasteiger partial charge on any atom is -0.356 e. The number of carbonyl (C=O) groups is 2. The van der Waals surface area contributed by atoms with Crippen molar-refractivity contribution in [2.45, 2.75) is 19.3 Å². The summed E-state index contributed by atoms with van der Waals surface area (Å²) in [4.78, 5) is 26.8. The lowest BCUT2D eigenvalue weighted by atomic mass is 9.95. The largest absolute Gasteiger partial charge is 0.356 e.